The second kappa shape index (κ2) is 4.89. The van der Waals surface area contributed by atoms with Crippen LogP contribution in [0.3, 0.4) is 0 Å². The summed E-state index contributed by atoms with van der Waals surface area (Å²) in [5.41, 5.74) is 4.05. The molecule has 0 amide bonds. The third-order valence-electron chi connectivity index (χ3n) is 3.37. The van der Waals surface area contributed by atoms with Crippen molar-refractivity contribution in [1.82, 2.24) is 15.0 Å². The van der Waals surface area contributed by atoms with Gasteiger partial charge in [-0.15, -0.1) is 0 Å². The summed E-state index contributed by atoms with van der Waals surface area (Å²) in [6, 6.07) is 10.2. The minimum absolute atomic E-state index is 0.760. The highest BCUT2D eigenvalue weighted by Crippen LogP contribution is 2.27. The van der Waals surface area contributed by atoms with Crippen molar-refractivity contribution in [2.45, 2.75) is 13.8 Å². The predicted molar refractivity (Wildman–Crippen MR) is 81.8 cm³/mol. The number of hydrogen-bond donors (Lipinski definition) is 1. The van der Waals surface area contributed by atoms with Crippen molar-refractivity contribution in [3.8, 4) is 11.3 Å². The first-order chi connectivity index (χ1) is 9.69. The number of hydrogen-bond acceptors (Lipinski definition) is 4. The van der Waals surface area contributed by atoms with E-state index in [1.54, 1.807) is 0 Å². The molecular formula is C16H16N4. The number of aryl methyl sites for hydroxylation is 1. The number of aromatic nitrogens is 3. The van der Waals surface area contributed by atoms with Crippen LogP contribution in [0.25, 0.3) is 22.2 Å². The van der Waals surface area contributed by atoms with E-state index in [0.29, 0.717) is 0 Å². The van der Waals surface area contributed by atoms with E-state index in [-0.39, 0.29) is 0 Å². The topological polar surface area (TPSA) is 50.7 Å². The summed E-state index contributed by atoms with van der Waals surface area (Å²) in [6.07, 6.45) is 1.81. The Balaban J connectivity index is 2.22. The van der Waals surface area contributed by atoms with Gasteiger partial charge in [0.15, 0.2) is 0 Å². The molecule has 2 aromatic heterocycles. The van der Waals surface area contributed by atoms with Gasteiger partial charge < -0.3 is 5.32 Å². The van der Waals surface area contributed by atoms with Gasteiger partial charge in [0, 0.05) is 29.8 Å². The Morgan fingerprint density at radius 2 is 1.90 bits per heavy atom. The highest BCUT2D eigenvalue weighted by molar-refractivity contribution is 5.84. The van der Waals surface area contributed by atoms with E-state index < -0.39 is 0 Å². The lowest BCUT2D eigenvalue weighted by Gasteiger charge is -2.11. The highest BCUT2D eigenvalue weighted by Gasteiger charge is 2.10. The van der Waals surface area contributed by atoms with E-state index in [9.17, 15) is 0 Å². The number of benzene rings is 1. The fourth-order valence-corrected chi connectivity index (χ4v) is 2.37. The summed E-state index contributed by atoms with van der Waals surface area (Å²) in [5.74, 6) is 1.63. The zero-order valence-electron chi connectivity index (χ0n) is 11.8. The Labute approximate surface area is 117 Å². The lowest BCUT2D eigenvalue weighted by atomic mass is 10.0. The van der Waals surface area contributed by atoms with Crippen LogP contribution in [-0.4, -0.2) is 22.0 Å². The van der Waals surface area contributed by atoms with E-state index in [2.05, 4.69) is 44.5 Å². The number of anilines is 1. The van der Waals surface area contributed by atoms with Crippen molar-refractivity contribution in [3.05, 3.63) is 47.9 Å². The normalized spacial score (nSPS) is 10.8. The van der Waals surface area contributed by atoms with Crippen molar-refractivity contribution in [1.29, 1.82) is 0 Å². The van der Waals surface area contributed by atoms with Gasteiger partial charge in [-0.05, 0) is 26.0 Å². The van der Waals surface area contributed by atoms with Crippen LogP contribution in [0.1, 0.15) is 11.4 Å². The Kier molecular flexibility index (Phi) is 3.06. The van der Waals surface area contributed by atoms with E-state index in [4.69, 9.17) is 0 Å². The molecule has 0 fully saturated rings. The molecule has 4 nitrogen and oxygen atoms in total. The zero-order chi connectivity index (χ0) is 14.1. The van der Waals surface area contributed by atoms with Crippen LogP contribution in [0.15, 0.2) is 36.5 Å². The number of fused-ring (bicyclic) bond motifs is 1. The van der Waals surface area contributed by atoms with Crippen molar-refractivity contribution in [2.24, 2.45) is 0 Å². The van der Waals surface area contributed by atoms with Gasteiger partial charge in [0.05, 0.1) is 11.2 Å². The molecule has 20 heavy (non-hydrogen) atoms. The molecule has 0 bridgehead atoms. The second-order valence-electron chi connectivity index (χ2n) is 4.75. The molecule has 3 rings (SSSR count). The molecule has 0 saturated heterocycles. The summed E-state index contributed by atoms with van der Waals surface area (Å²) >= 11 is 0. The van der Waals surface area contributed by atoms with Crippen LogP contribution < -0.4 is 5.32 Å². The molecule has 0 saturated carbocycles. The standard InChI is InChI=1S/C16H16N4/c1-10-15(19-11(2)20-16(10)17-3)13-7-6-12-5-4-8-18-14(12)9-13/h4-9H,1-3H3,(H,17,19,20). The number of pyridine rings is 1. The quantitative estimate of drug-likeness (QED) is 0.771. The third-order valence-corrected chi connectivity index (χ3v) is 3.37. The molecular weight excluding hydrogens is 248 g/mol. The van der Waals surface area contributed by atoms with Crippen molar-refractivity contribution in [3.63, 3.8) is 0 Å². The van der Waals surface area contributed by atoms with Crippen molar-refractivity contribution < 1.29 is 0 Å². The molecule has 0 aliphatic rings. The van der Waals surface area contributed by atoms with Crippen molar-refractivity contribution >= 4 is 16.7 Å². The maximum Gasteiger partial charge on any atom is 0.132 e. The summed E-state index contributed by atoms with van der Waals surface area (Å²) in [6.45, 7) is 3.94. The van der Waals surface area contributed by atoms with Gasteiger partial charge >= 0.3 is 0 Å². The molecule has 0 spiro atoms. The van der Waals surface area contributed by atoms with E-state index in [0.717, 1.165) is 39.4 Å². The minimum Gasteiger partial charge on any atom is -0.373 e. The number of nitrogens with zero attached hydrogens (tertiary/aromatic N) is 3. The van der Waals surface area contributed by atoms with Gasteiger partial charge in [-0.25, -0.2) is 9.97 Å². The van der Waals surface area contributed by atoms with Gasteiger partial charge in [-0.2, -0.15) is 0 Å². The van der Waals surface area contributed by atoms with Gasteiger partial charge in [0.25, 0.3) is 0 Å². The maximum atomic E-state index is 4.58. The first-order valence-electron chi connectivity index (χ1n) is 6.57. The SMILES string of the molecule is CNc1nc(C)nc(-c2ccc3cccnc3c2)c1C. The lowest BCUT2D eigenvalue weighted by molar-refractivity contribution is 1.04. The molecule has 0 radical (unpaired) electrons. The molecule has 2 heterocycles. The maximum absolute atomic E-state index is 4.58. The minimum atomic E-state index is 0.760. The molecule has 0 unspecified atom stereocenters. The van der Waals surface area contributed by atoms with Crippen LogP contribution >= 0.6 is 0 Å². The molecule has 0 aliphatic carbocycles. The van der Waals surface area contributed by atoms with Gasteiger partial charge in [0.2, 0.25) is 0 Å². The molecule has 0 aliphatic heterocycles. The molecule has 0 atom stereocenters. The van der Waals surface area contributed by atoms with Crippen LogP contribution in [0, 0.1) is 13.8 Å². The Morgan fingerprint density at radius 1 is 1.05 bits per heavy atom. The van der Waals surface area contributed by atoms with E-state index >= 15 is 0 Å². The largest absolute Gasteiger partial charge is 0.373 e. The third kappa shape index (κ3) is 2.09. The first-order valence-corrected chi connectivity index (χ1v) is 6.57. The summed E-state index contributed by atoms with van der Waals surface area (Å²) in [4.78, 5) is 13.4. The van der Waals surface area contributed by atoms with Crippen LogP contribution in [0.2, 0.25) is 0 Å². The monoisotopic (exact) mass is 264 g/mol. The van der Waals surface area contributed by atoms with Gasteiger partial charge in [-0.3, -0.25) is 4.98 Å². The Morgan fingerprint density at radius 3 is 2.70 bits per heavy atom. The summed E-state index contributed by atoms with van der Waals surface area (Å²) in [5, 5.41) is 4.25. The van der Waals surface area contributed by atoms with Crippen LogP contribution in [0.4, 0.5) is 5.82 Å². The lowest BCUT2D eigenvalue weighted by Crippen LogP contribution is -2.02. The highest BCUT2D eigenvalue weighted by atomic mass is 15.0. The van der Waals surface area contributed by atoms with Crippen LogP contribution in [0.5, 0.6) is 0 Å². The van der Waals surface area contributed by atoms with E-state index in [1.807, 2.05) is 33.2 Å². The van der Waals surface area contributed by atoms with Gasteiger partial charge in [0.1, 0.15) is 11.6 Å². The number of rotatable bonds is 2. The molecule has 4 heteroatoms. The Hall–Kier alpha value is -2.49. The average Bonchev–Trinajstić information content (AvgIpc) is 2.48. The Bertz CT molecular complexity index is 781. The molecule has 1 N–H and O–H groups in total. The van der Waals surface area contributed by atoms with Crippen molar-refractivity contribution in [2.75, 3.05) is 12.4 Å². The average molecular weight is 264 g/mol. The van der Waals surface area contributed by atoms with E-state index in [1.165, 1.54) is 0 Å². The summed E-state index contributed by atoms with van der Waals surface area (Å²) < 4.78 is 0. The van der Waals surface area contributed by atoms with Crippen LogP contribution in [-0.2, 0) is 0 Å². The predicted octanol–water partition coefficient (Wildman–Crippen LogP) is 3.35. The summed E-state index contributed by atoms with van der Waals surface area (Å²) in [7, 11) is 1.88. The fraction of sp³-hybridized carbons (Fsp3) is 0.188. The smallest absolute Gasteiger partial charge is 0.132 e. The second-order valence-corrected chi connectivity index (χ2v) is 4.75. The zero-order valence-corrected chi connectivity index (χ0v) is 11.8. The molecule has 3 aromatic rings. The number of nitrogens with one attached hydrogen (secondary N) is 1. The fourth-order valence-electron chi connectivity index (χ4n) is 2.37. The molecule has 100 valence electrons. The molecule has 1 aromatic carbocycles. The first kappa shape index (κ1) is 12.5. The van der Waals surface area contributed by atoms with Gasteiger partial charge in [-0.1, -0.05) is 18.2 Å².